The van der Waals surface area contributed by atoms with Crippen molar-refractivity contribution >= 4 is 35.0 Å². The van der Waals surface area contributed by atoms with Crippen LogP contribution < -0.4 is 10.1 Å². The molecule has 8 heteroatoms. The maximum atomic E-state index is 13.6. The summed E-state index contributed by atoms with van der Waals surface area (Å²) in [4.78, 5) is 22.2. The van der Waals surface area contributed by atoms with Crippen molar-refractivity contribution in [2.75, 3.05) is 12.4 Å². The summed E-state index contributed by atoms with van der Waals surface area (Å²) in [5.41, 5.74) is -0.00599. The first-order chi connectivity index (χ1) is 11.4. The van der Waals surface area contributed by atoms with Gasteiger partial charge >= 0.3 is 0 Å². The van der Waals surface area contributed by atoms with Crippen LogP contribution in [0.15, 0.2) is 42.5 Å². The van der Waals surface area contributed by atoms with E-state index >= 15 is 0 Å². The lowest BCUT2D eigenvalue weighted by Crippen LogP contribution is -2.09. The van der Waals surface area contributed by atoms with Gasteiger partial charge in [0.05, 0.1) is 22.7 Å². The van der Waals surface area contributed by atoms with Gasteiger partial charge in [0.1, 0.15) is 11.6 Å². The van der Waals surface area contributed by atoms with Gasteiger partial charge in [-0.1, -0.05) is 17.7 Å². The van der Waals surface area contributed by atoms with Crippen molar-refractivity contribution in [3.05, 3.63) is 69.0 Å². The van der Waals surface area contributed by atoms with Gasteiger partial charge in [-0.2, -0.15) is 0 Å². The fourth-order valence-corrected chi connectivity index (χ4v) is 2.14. The van der Waals surface area contributed by atoms with Gasteiger partial charge in [0, 0.05) is 23.8 Å². The number of carbonyl (C=O) groups excluding carboxylic acids is 1. The molecule has 0 spiro atoms. The summed E-state index contributed by atoms with van der Waals surface area (Å²) in [7, 11) is 1.37. The number of amides is 1. The minimum Gasteiger partial charge on any atom is -0.495 e. The van der Waals surface area contributed by atoms with Gasteiger partial charge in [0.25, 0.3) is 5.69 Å². The van der Waals surface area contributed by atoms with Gasteiger partial charge in [0.2, 0.25) is 5.91 Å². The molecule has 0 aliphatic heterocycles. The topological polar surface area (TPSA) is 81.5 Å². The normalized spacial score (nSPS) is 10.6. The van der Waals surface area contributed by atoms with Crippen molar-refractivity contribution in [3.63, 3.8) is 0 Å². The number of benzene rings is 2. The lowest BCUT2D eigenvalue weighted by atomic mass is 10.2. The number of nitro benzene ring substituents is 1. The number of hydrogen-bond donors (Lipinski definition) is 1. The molecule has 0 unspecified atom stereocenters. The van der Waals surface area contributed by atoms with E-state index in [0.29, 0.717) is 0 Å². The van der Waals surface area contributed by atoms with E-state index in [0.717, 1.165) is 6.08 Å². The summed E-state index contributed by atoms with van der Waals surface area (Å²) in [6.07, 6.45) is 2.29. The lowest BCUT2D eigenvalue weighted by molar-refractivity contribution is -0.384. The summed E-state index contributed by atoms with van der Waals surface area (Å²) in [5, 5.41) is 13.4. The highest BCUT2D eigenvalue weighted by atomic mass is 35.5. The van der Waals surface area contributed by atoms with Crippen LogP contribution in [0, 0.1) is 15.9 Å². The molecule has 2 aromatic carbocycles. The molecule has 0 saturated heterocycles. The molecule has 0 radical (unpaired) electrons. The monoisotopic (exact) mass is 350 g/mol. The number of halogens is 2. The molecule has 0 saturated carbocycles. The van der Waals surface area contributed by atoms with E-state index in [1.165, 1.54) is 49.6 Å². The molecule has 24 heavy (non-hydrogen) atoms. The molecule has 0 aliphatic rings. The number of rotatable bonds is 5. The Balaban J connectivity index is 2.22. The zero-order valence-corrected chi connectivity index (χ0v) is 13.2. The van der Waals surface area contributed by atoms with Crippen molar-refractivity contribution in [2.24, 2.45) is 0 Å². The molecule has 0 aliphatic carbocycles. The SMILES string of the molecule is COc1ccc([N+](=O)[O-])cc1NC(=O)/C=C/c1c(F)cccc1Cl. The van der Waals surface area contributed by atoms with Gasteiger partial charge in [-0.05, 0) is 24.3 Å². The number of nitrogens with zero attached hydrogens (tertiary/aromatic N) is 1. The number of nitrogens with one attached hydrogen (secondary N) is 1. The molecule has 6 nitrogen and oxygen atoms in total. The minimum atomic E-state index is -0.617. The zero-order valence-electron chi connectivity index (χ0n) is 12.5. The molecule has 0 atom stereocenters. The van der Waals surface area contributed by atoms with Crippen LogP contribution >= 0.6 is 11.6 Å². The number of hydrogen-bond acceptors (Lipinski definition) is 4. The van der Waals surface area contributed by atoms with Gasteiger partial charge in [-0.25, -0.2) is 4.39 Å². The van der Waals surface area contributed by atoms with Crippen LogP contribution in [0.25, 0.3) is 6.08 Å². The van der Waals surface area contributed by atoms with E-state index in [9.17, 15) is 19.3 Å². The molecule has 0 bridgehead atoms. The van der Waals surface area contributed by atoms with Crippen molar-refractivity contribution in [3.8, 4) is 5.75 Å². The molecule has 0 fully saturated rings. The third-order valence-corrected chi connectivity index (χ3v) is 3.38. The average molecular weight is 351 g/mol. The van der Waals surface area contributed by atoms with Crippen LogP contribution in [0.1, 0.15) is 5.56 Å². The number of methoxy groups -OCH3 is 1. The fraction of sp³-hybridized carbons (Fsp3) is 0.0625. The Bertz CT molecular complexity index is 803. The summed E-state index contributed by atoms with van der Waals surface area (Å²) >= 11 is 5.86. The van der Waals surface area contributed by atoms with Crippen molar-refractivity contribution in [1.82, 2.24) is 0 Å². The van der Waals surface area contributed by atoms with Crippen LogP contribution in [0.4, 0.5) is 15.8 Å². The highest BCUT2D eigenvalue weighted by Crippen LogP contribution is 2.29. The minimum absolute atomic E-state index is 0.0697. The number of ether oxygens (including phenoxy) is 1. The number of anilines is 1. The van der Waals surface area contributed by atoms with Crippen LogP contribution in [-0.2, 0) is 4.79 Å². The predicted octanol–water partition coefficient (Wildman–Crippen LogP) is 4.05. The number of carbonyl (C=O) groups is 1. The first-order valence-electron chi connectivity index (χ1n) is 6.68. The summed E-state index contributed by atoms with van der Waals surface area (Å²) in [6, 6.07) is 7.94. The van der Waals surface area contributed by atoms with Crippen LogP contribution in [0.2, 0.25) is 5.02 Å². The molecule has 0 heterocycles. The van der Waals surface area contributed by atoms with Crippen LogP contribution in [0.5, 0.6) is 5.75 Å². The summed E-state index contributed by atoms with van der Waals surface area (Å²) in [5.74, 6) is -0.932. The molecule has 1 amide bonds. The van der Waals surface area contributed by atoms with E-state index in [2.05, 4.69) is 5.32 Å². The van der Waals surface area contributed by atoms with E-state index in [1.54, 1.807) is 0 Å². The van der Waals surface area contributed by atoms with Crippen LogP contribution in [-0.4, -0.2) is 17.9 Å². The number of nitro groups is 1. The van der Waals surface area contributed by atoms with Gasteiger partial charge in [0.15, 0.2) is 0 Å². The van der Waals surface area contributed by atoms with Crippen LogP contribution in [0.3, 0.4) is 0 Å². The van der Waals surface area contributed by atoms with E-state index in [4.69, 9.17) is 16.3 Å². The Hall–Kier alpha value is -2.93. The highest BCUT2D eigenvalue weighted by Gasteiger charge is 2.13. The number of non-ortho nitro benzene ring substituents is 1. The molecule has 2 rings (SSSR count). The smallest absolute Gasteiger partial charge is 0.271 e. The maximum Gasteiger partial charge on any atom is 0.271 e. The first-order valence-corrected chi connectivity index (χ1v) is 7.05. The Morgan fingerprint density at radius 2 is 2.12 bits per heavy atom. The Labute approximate surface area is 141 Å². The molecule has 1 N–H and O–H groups in total. The third-order valence-electron chi connectivity index (χ3n) is 3.05. The largest absolute Gasteiger partial charge is 0.495 e. The maximum absolute atomic E-state index is 13.6. The van der Waals surface area contributed by atoms with E-state index in [1.807, 2.05) is 0 Å². The summed E-state index contributed by atoms with van der Waals surface area (Å²) < 4.78 is 18.7. The molecular formula is C16H12ClFN2O4. The lowest BCUT2D eigenvalue weighted by Gasteiger charge is -2.08. The Morgan fingerprint density at radius 1 is 1.38 bits per heavy atom. The second-order valence-electron chi connectivity index (χ2n) is 4.60. The second-order valence-corrected chi connectivity index (χ2v) is 5.01. The van der Waals surface area contributed by atoms with E-state index in [-0.39, 0.29) is 27.7 Å². The Morgan fingerprint density at radius 3 is 2.75 bits per heavy atom. The van der Waals surface area contributed by atoms with E-state index < -0.39 is 16.6 Å². The molecular weight excluding hydrogens is 339 g/mol. The standard InChI is InChI=1S/C16H12ClFN2O4/c1-24-15-7-5-10(20(22)23)9-14(15)19-16(21)8-6-11-12(17)3-2-4-13(11)18/h2-9H,1H3,(H,19,21)/b8-6+. The quantitative estimate of drug-likeness (QED) is 0.501. The average Bonchev–Trinajstić information content (AvgIpc) is 2.54. The predicted molar refractivity (Wildman–Crippen MR) is 88.7 cm³/mol. The van der Waals surface area contributed by atoms with Gasteiger partial charge in [-0.3, -0.25) is 14.9 Å². The second kappa shape index (κ2) is 7.56. The van der Waals surface area contributed by atoms with Gasteiger partial charge < -0.3 is 10.1 Å². The van der Waals surface area contributed by atoms with Crippen molar-refractivity contribution < 1.29 is 18.8 Å². The van der Waals surface area contributed by atoms with Crippen molar-refractivity contribution in [2.45, 2.75) is 0 Å². The summed E-state index contributed by atoms with van der Waals surface area (Å²) in [6.45, 7) is 0. The molecule has 2 aromatic rings. The fourth-order valence-electron chi connectivity index (χ4n) is 1.91. The highest BCUT2D eigenvalue weighted by molar-refractivity contribution is 6.32. The first kappa shape index (κ1) is 17.4. The Kier molecular flexibility index (Phi) is 5.49. The van der Waals surface area contributed by atoms with Gasteiger partial charge in [-0.15, -0.1) is 0 Å². The zero-order chi connectivity index (χ0) is 17.7. The van der Waals surface area contributed by atoms with Crippen molar-refractivity contribution in [1.29, 1.82) is 0 Å². The molecule has 0 aromatic heterocycles. The molecule has 124 valence electrons. The third kappa shape index (κ3) is 4.08.